The molecule has 6 nitrogen and oxygen atoms in total. The van der Waals surface area contributed by atoms with Crippen molar-refractivity contribution in [1.82, 2.24) is 9.88 Å². The summed E-state index contributed by atoms with van der Waals surface area (Å²) in [7, 11) is 0. The Bertz CT molecular complexity index is 877. The Labute approximate surface area is 143 Å². The van der Waals surface area contributed by atoms with Gasteiger partial charge in [0, 0.05) is 30.5 Å². The number of carbonyl (C=O) groups is 2. The Kier molecular flexibility index (Phi) is 4.83. The van der Waals surface area contributed by atoms with Crippen molar-refractivity contribution < 1.29 is 19.1 Å². The summed E-state index contributed by atoms with van der Waals surface area (Å²) in [6, 6.07) is 4.98. The summed E-state index contributed by atoms with van der Waals surface area (Å²) in [4.78, 5) is 40.0. The van der Waals surface area contributed by atoms with Gasteiger partial charge in [0.1, 0.15) is 5.82 Å². The third-order valence-electron chi connectivity index (χ3n) is 4.61. The lowest BCUT2D eigenvalue weighted by Gasteiger charge is -2.36. The third-order valence-corrected chi connectivity index (χ3v) is 4.61. The summed E-state index contributed by atoms with van der Waals surface area (Å²) in [5.41, 5.74) is 0.0245. The molecule has 1 aliphatic rings. The van der Waals surface area contributed by atoms with E-state index in [0.717, 1.165) is 19.3 Å². The topological polar surface area (TPSA) is 90.5 Å². The number of fused-ring (bicyclic) bond motifs is 1. The number of hydrogen-bond acceptors (Lipinski definition) is 3. The van der Waals surface area contributed by atoms with E-state index in [1.54, 1.807) is 4.90 Å². The van der Waals surface area contributed by atoms with E-state index in [1.807, 2.05) is 0 Å². The molecule has 1 saturated heterocycles. The number of nitrogens with one attached hydrogen (secondary N) is 1. The molecule has 2 aromatic rings. The van der Waals surface area contributed by atoms with Gasteiger partial charge in [0.05, 0.1) is 11.1 Å². The monoisotopic (exact) mass is 346 g/mol. The highest BCUT2D eigenvalue weighted by Crippen LogP contribution is 2.25. The molecule has 1 atom stereocenters. The van der Waals surface area contributed by atoms with Crippen LogP contribution >= 0.6 is 0 Å². The zero-order valence-electron chi connectivity index (χ0n) is 13.6. The average Bonchev–Trinajstić information content (AvgIpc) is 2.58. The second-order valence-corrected chi connectivity index (χ2v) is 6.32. The maximum atomic E-state index is 13.4. The van der Waals surface area contributed by atoms with Crippen LogP contribution < -0.4 is 5.56 Å². The van der Waals surface area contributed by atoms with E-state index in [4.69, 9.17) is 5.11 Å². The number of hydrogen-bond donors (Lipinski definition) is 2. The summed E-state index contributed by atoms with van der Waals surface area (Å²) < 4.78 is 13.4. The number of carboxylic acids is 1. The van der Waals surface area contributed by atoms with Crippen LogP contribution in [-0.2, 0) is 4.79 Å². The van der Waals surface area contributed by atoms with Gasteiger partial charge in [-0.2, -0.15) is 0 Å². The van der Waals surface area contributed by atoms with E-state index in [0.29, 0.717) is 18.4 Å². The number of carboxylic acid groups (broad SMARTS) is 1. The van der Waals surface area contributed by atoms with Crippen molar-refractivity contribution in [2.45, 2.75) is 38.1 Å². The highest BCUT2D eigenvalue weighted by atomic mass is 19.1. The molecule has 7 heteroatoms. The largest absolute Gasteiger partial charge is 0.481 e. The molecular weight excluding hydrogens is 327 g/mol. The smallest absolute Gasteiger partial charge is 0.303 e. The standard InChI is InChI=1S/C18H19FN2O4/c19-11-4-6-13-14(10-16(22)20-15(13)9-11)18(25)21-8-2-1-3-12(21)5-7-17(23)24/h4,6,9-10,12H,1-3,5,7-8H2,(H,20,22)(H,23,24). The Balaban J connectivity index is 1.97. The zero-order chi connectivity index (χ0) is 18.0. The normalized spacial score (nSPS) is 17.6. The maximum absolute atomic E-state index is 13.4. The lowest BCUT2D eigenvalue weighted by atomic mass is 9.96. The molecule has 0 aliphatic carbocycles. The summed E-state index contributed by atoms with van der Waals surface area (Å²) in [5.74, 6) is -1.70. The SMILES string of the molecule is O=C(O)CCC1CCCCN1C(=O)c1cc(=O)[nH]c2cc(F)ccc12. The molecule has 1 fully saturated rings. The van der Waals surface area contributed by atoms with Gasteiger partial charge in [0.25, 0.3) is 5.91 Å². The van der Waals surface area contributed by atoms with Crippen LogP contribution in [-0.4, -0.2) is 39.5 Å². The summed E-state index contributed by atoms with van der Waals surface area (Å²) in [6.45, 7) is 0.526. The number of pyridine rings is 1. The lowest BCUT2D eigenvalue weighted by molar-refractivity contribution is -0.137. The first-order valence-electron chi connectivity index (χ1n) is 8.31. The number of rotatable bonds is 4. The highest BCUT2D eigenvalue weighted by Gasteiger charge is 2.29. The fourth-order valence-corrected chi connectivity index (χ4v) is 3.42. The van der Waals surface area contributed by atoms with Crippen molar-refractivity contribution in [3.8, 4) is 0 Å². The summed E-state index contributed by atoms with van der Waals surface area (Å²) >= 11 is 0. The van der Waals surface area contributed by atoms with E-state index in [2.05, 4.69) is 4.98 Å². The minimum Gasteiger partial charge on any atom is -0.481 e. The number of benzene rings is 1. The first-order valence-corrected chi connectivity index (χ1v) is 8.31. The number of aliphatic carboxylic acids is 1. The molecule has 1 aromatic heterocycles. The first kappa shape index (κ1) is 17.1. The van der Waals surface area contributed by atoms with Crippen LogP contribution in [0.4, 0.5) is 4.39 Å². The number of amides is 1. The molecule has 0 bridgehead atoms. The number of halogens is 1. The van der Waals surface area contributed by atoms with Gasteiger partial charge in [0.15, 0.2) is 0 Å². The zero-order valence-corrected chi connectivity index (χ0v) is 13.6. The Morgan fingerprint density at radius 1 is 1.28 bits per heavy atom. The third kappa shape index (κ3) is 3.70. The second kappa shape index (κ2) is 7.04. The molecule has 1 aliphatic heterocycles. The van der Waals surface area contributed by atoms with Gasteiger partial charge in [0.2, 0.25) is 5.56 Å². The first-order chi connectivity index (χ1) is 12.0. The minimum atomic E-state index is -0.893. The number of piperidine rings is 1. The van der Waals surface area contributed by atoms with Gasteiger partial charge in [-0.15, -0.1) is 0 Å². The van der Waals surface area contributed by atoms with E-state index < -0.39 is 17.3 Å². The van der Waals surface area contributed by atoms with Crippen LogP contribution in [0.2, 0.25) is 0 Å². The molecule has 2 N–H and O–H groups in total. The maximum Gasteiger partial charge on any atom is 0.303 e. The minimum absolute atomic E-state index is 0.00419. The molecule has 1 aromatic carbocycles. The van der Waals surface area contributed by atoms with Crippen molar-refractivity contribution in [2.75, 3.05) is 6.54 Å². The van der Waals surface area contributed by atoms with Crippen molar-refractivity contribution in [3.05, 3.63) is 46.0 Å². The van der Waals surface area contributed by atoms with Crippen molar-refractivity contribution >= 4 is 22.8 Å². The quantitative estimate of drug-likeness (QED) is 0.890. The van der Waals surface area contributed by atoms with Crippen LogP contribution in [0.15, 0.2) is 29.1 Å². The van der Waals surface area contributed by atoms with E-state index in [9.17, 15) is 18.8 Å². The molecular formula is C18H19FN2O4. The predicted octanol–water partition coefficient (Wildman–Crippen LogP) is 2.53. The van der Waals surface area contributed by atoms with E-state index in [1.165, 1.54) is 24.3 Å². The molecule has 0 radical (unpaired) electrons. The van der Waals surface area contributed by atoms with Gasteiger partial charge in [-0.05, 0) is 43.9 Å². The fraction of sp³-hybridized carbons (Fsp3) is 0.389. The Morgan fingerprint density at radius 2 is 2.08 bits per heavy atom. The number of aromatic nitrogens is 1. The van der Waals surface area contributed by atoms with Gasteiger partial charge >= 0.3 is 5.97 Å². The summed E-state index contributed by atoms with van der Waals surface area (Å²) in [6.07, 6.45) is 2.90. The number of aromatic amines is 1. The van der Waals surface area contributed by atoms with Crippen molar-refractivity contribution in [3.63, 3.8) is 0 Å². The molecule has 3 rings (SSSR count). The van der Waals surface area contributed by atoms with Gasteiger partial charge in [-0.25, -0.2) is 4.39 Å². The van der Waals surface area contributed by atoms with Gasteiger partial charge in [-0.1, -0.05) is 0 Å². The Hall–Kier alpha value is -2.70. The second-order valence-electron chi connectivity index (χ2n) is 6.32. The highest BCUT2D eigenvalue weighted by molar-refractivity contribution is 6.06. The van der Waals surface area contributed by atoms with Crippen LogP contribution in [0.3, 0.4) is 0 Å². The van der Waals surface area contributed by atoms with Crippen LogP contribution in [0.25, 0.3) is 10.9 Å². The molecule has 25 heavy (non-hydrogen) atoms. The van der Waals surface area contributed by atoms with Gasteiger partial charge in [-0.3, -0.25) is 14.4 Å². The molecule has 1 unspecified atom stereocenters. The number of nitrogens with zero attached hydrogens (tertiary/aromatic N) is 1. The van der Waals surface area contributed by atoms with Gasteiger partial charge < -0.3 is 15.0 Å². The van der Waals surface area contributed by atoms with Crippen molar-refractivity contribution in [1.29, 1.82) is 0 Å². The number of likely N-dealkylation sites (tertiary alicyclic amines) is 1. The predicted molar refractivity (Wildman–Crippen MR) is 90.1 cm³/mol. The molecule has 1 amide bonds. The molecule has 0 saturated carbocycles. The number of H-pyrrole nitrogens is 1. The molecule has 0 spiro atoms. The molecule has 2 heterocycles. The average molecular weight is 346 g/mol. The van der Waals surface area contributed by atoms with E-state index >= 15 is 0 Å². The Morgan fingerprint density at radius 3 is 2.84 bits per heavy atom. The van der Waals surface area contributed by atoms with E-state index in [-0.39, 0.29) is 29.4 Å². The van der Waals surface area contributed by atoms with Crippen LogP contribution in [0.5, 0.6) is 0 Å². The van der Waals surface area contributed by atoms with Crippen LogP contribution in [0.1, 0.15) is 42.5 Å². The van der Waals surface area contributed by atoms with Crippen LogP contribution in [0, 0.1) is 5.82 Å². The summed E-state index contributed by atoms with van der Waals surface area (Å²) in [5, 5.41) is 9.39. The number of carbonyl (C=O) groups excluding carboxylic acids is 1. The molecule has 132 valence electrons. The lowest BCUT2D eigenvalue weighted by Crippen LogP contribution is -2.44. The fourth-order valence-electron chi connectivity index (χ4n) is 3.42. The van der Waals surface area contributed by atoms with Crippen molar-refractivity contribution in [2.24, 2.45) is 0 Å².